The molecular weight excluding hydrogens is 317 g/mol. The molecule has 2 unspecified atom stereocenters. The highest BCUT2D eigenvalue weighted by atomic mass is 79.9. The average molecular weight is 336 g/mol. The van der Waals surface area contributed by atoms with Crippen LogP contribution in [0.4, 0.5) is 4.39 Å². The third kappa shape index (κ3) is 3.90. The molecule has 0 aliphatic rings. The summed E-state index contributed by atoms with van der Waals surface area (Å²) < 4.78 is 14.6. The first-order valence-corrected chi connectivity index (χ1v) is 7.60. The Morgan fingerprint density at radius 3 is 2.45 bits per heavy atom. The molecule has 0 aliphatic carbocycles. The Kier molecular flexibility index (Phi) is 5.32. The van der Waals surface area contributed by atoms with Gasteiger partial charge in [0.1, 0.15) is 5.82 Å². The number of benzene rings is 2. The Labute approximate surface area is 128 Å². The van der Waals surface area contributed by atoms with E-state index in [4.69, 9.17) is 0 Å². The number of nitrogens with one attached hydrogen (secondary N) is 1. The summed E-state index contributed by atoms with van der Waals surface area (Å²) in [5.41, 5.74) is 2.00. The van der Waals surface area contributed by atoms with Crippen LogP contribution in [0.1, 0.15) is 36.9 Å². The third-order valence-electron chi connectivity index (χ3n) is 3.53. The van der Waals surface area contributed by atoms with Crippen molar-refractivity contribution in [3.8, 4) is 0 Å². The number of hydrogen-bond acceptors (Lipinski definition) is 1. The van der Waals surface area contributed by atoms with E-state index in [0.29, 0.717) is 11.5 Å². The predicted molar refractivity (Wildman–Crippen MR) is 85.4 cm³/mol. The molecule has 106 valence electrons. The molecule has 0 bridgehead atoms. The molecule has 2 aromatic carbocycles. The van der Waals surface area contributed by atoms with Crippen LogP contribution >= 0.6 is 15.9 Å². The molecule has 2 atom stereocenters. The fourth-order valence-electron chi connectivity index (χ4n) is 2.22. The van der Waals surface area contributed by atoms with Gasteiger partial charge in [0.25, 0.3) is 0 Å². The second-order valence-electron chi connectivity index (χ2n) is 5.11. The van der Waals surface area contributed by atoms with Crippen LogP contribution in [0.3, 0.4) is 0 Å². The van der Waals surface area contributed by atoms with E-state index >= 15 is 0 Å². The molecule has 20 heavy (non-hydrogen) atoms. The zero-order chi connectivity index (χ0) is 14.5. The van der Waals surface area contributed by atoms with Gasteiger partial charge >= 0.3 is 0 Å². The third-order valence-corrected chi connectivity index (χ3v) is 4.02. The summed E-state index contributed by atoms with van der Waals surface area (Å²) >= 11 is 3.28. The van der Waals surface area contributed by atoms with Gasteiger partial charge in [0.15, 0.2) is 0 Å². The Morgan fingerprint density at radius 1 is 1.10 bits per heavy atom. The maximum Gasteiger partial charge on any atom is 0.129 e. The van der Waals surface area contributed by atoms with Gasteiger partial charge in [-0.1, -0.05) is 59.3 Å². The average Bonchev–Trinajstić information content (AvgIpc) is 2.45. The quantitative estimate of drug-likeness (QED) is 0.806. The van der Waals surface area contributed by atoms with Crippen LogP contribution in [0.25, 0.3) is 0 Å². The SMILES string of the molecule is CC(CNC(C)c1ccc(Br)cc1F)c1ccccc1. The topological polar surface area (TPSA) is 12.0 Å². The molecule has 0 fully saturated rings. The summed E-state index contributed by atoms with van der Waals surface area (Å²) in [5.74, 6) is 0.226. The molecular formula is C17H19BrFN. The zero-order valence-corrected chi connectivity index (χ0v) is 13.3. The maximum atomic E-state index is 13.9. The van der Waals surface area contributed by atoms with Crippen LogP contribution in [0.5, 0.6) is 0 Å². The number of halogens is 2. The standard InChI is InChI=1S/C17H19BrFN/c1-12(14-6-4-3-5-7-14)11-20-13(2)16-9-8-15(18)10-17(16)19/h3-10,12-13,20H,11H2,1-2H3. The summed E-state index contributed by atoms with van der Waals surface area (Å²) in [6.45, 7) is 4.98. The maximum absolute atomic E-state index is 13.9. The lowest BCUT2D eigenvalue weighted by atomic mass is 10.0. The van der Waals surface area contributed by atoms with Crippen molar-refractivity contribution in [2.45, 2.75) is 25.8 Å². The lowest BCUT2D eigenvalue weighted by molar-refractivity contribution is 0.508. The van der Waals surface area contributed by atoms with Crippen molar-refractivity contribution in [2.75, 3.05) is 6.54 Å². The highest BCUT2D eigenvalue weighted by Gasteiger charge is 2.12. The minimum atomic E-state index is -0.174. The van der Waals surface area contributed by atoms with Crippen LogP contribution in [0.15, 0.2) is 53.0 Å². The minimum Gasteiger partial charge on any atom is -0.309 e. The van der Waals surface area contributed by atoms with E-state index in [2.05, 4.69) is 40.3 Å². The van der Waals surface area contributed by atoms with Crippen LogP contribution in [-0.4, -0.2) is 6.54 Å². The van der Waals surface area contributed by atoms with Crippen molar-refractivity contribution in [3.05, 3.63) is 69.9 Å². The first kappa shape index (κ1) is 15.2. The van der Waals surface area contributed by atoms with E-state index in [1.54, 1.807) is 0 Å². The first-order valence-electron chi connectivity index (χ1n) is 6.81. The van der Waals surface area contributed by atoms with Gasteiger partial charge in [-0.3, -0.25) is 0 Å². The van der Waals surface area contributed by atoms with Crippen LogP contribution in [0.2, 0.25) is 0 Å². The predicted octanol–water partition coefficient (Wildman–Crippen LogP) is 5.04. The fraction of sp³-hybridized carbons (Fsp3) is 0.294. The smallest absolute Gasteiger partial charge is 0.129 e. The van der Waals surface area contributed by atoms with Gasteiger partial charge in [-0.15, -0.1) is 0 Å². The number of rotatable bonds is 5. The molecule has 0 aliphatic heterocycles. The van der Waals surface area contributed by atoms with Crippen molar-refractivity contribution in [1.29, 1.82) is 0 Å². The molecule has 0 heterocycles. The highest BCUT2D eigenvalue weighted by Crippen LogP contribution is 2.22. The normalized spacial score (nSPS) is 14.0. The molecule has 2 aromatic rings. The summed E-state index contributed by atoms with van der Waals surface area (Å²) in [6.07, 6.45) is 0. The van der Waals surface area contributed by atoms with Gasteiger partial charge in [-0.25, -0.2) is 4.39 Å². The fourth-order valence-corrected chi connectivity index (χ4v) is 2.55. The Hall–Kier alpha value is -1.19. The molecule has 3 heteroatoms. The van der Waals surface area contributed by atoms with E-state index in [1.807, 2.05) is 37.3 Å². The van der Waals surface area contributed by atoms with Gasteiger partial charge in [0, 0.05) is 22.6 Å². The molecule has 0 saturated heterocycles. The van der Waals surface area contributed by atoms with E-state index in [9.17, 15) is 4.39 Å². The van der Waals surface area contributed by atoms with E-state index in [-0.39, 0.29) is 11.9 Å². The second kappa shape index (κ2) is 7.00. The van der Waals surface area contributed by atoms with Gasteiger partial charge in [-0.2, -0.15) is 0 Å². The monoisotopic (exact) mass is 335 g/mol. The summed E-state index contributed by atoms with van der Waals surface area (Å²) in [6, 6.07) is 15.6. The Balaban J connectivity index is 1.96. The van der Waals surface area contributed by atoms with Gasteiger partial charge in [0.2, 0.25) is 0 Å². The Morgan fingerprint density at radius 2 is 1.80 bits per heavy atom. The van der Waals surface area contributed by atoms with Crippen LogP contribution in [-0.2, 0) is 0 Å². The first-order chi connectivity index (χ1) is 9.58. The number of hydrogen-bond donors (Lipinski definition) is 1. The van der Waals surface area contributed by atoms with E-state index in [0.717, 1.165) is 11.0 Å². The van der Waals surface area contributed by atoms with E-state index in [1.165, 1.54) is 11.6 Å². The molecule has 0 amide bonds. The molecule has 0 aromatic heterocycles. The molecule has 0 radical (unpaired) electrons. The minimum absolute atomic E-state index is 0.00531. The van der Waals surface area contributed by atoms with Crippen molar-refractivity contribution in [2.24, 2.45) is 0 Å². The zero-order valence-electron chi connectivity index (χ0n) is 11.7. The second-order valence-corrected chi connectivity index (χ2v) is 6.02. The lowest BCUT2D eigenvalue weighted by Crippen LogP contribution is -2.24. The molecule has 2 rings (SSSR count). The van der Waals surface area contributed by atoms with Gasteiger partial charge < -0.3 is 5.32 Å². The van der Waals surface area contributed by atoms with Crippen molar-refractivity contribution in [1.82, 2.24) is 5.32 Å². The van der Waals surface area contributed by atoms with Crippen molar-refractivity contribution >= 4 is 15.9 Å². The van der Waals surface area contributed by atoms with Crippen LogP contribution in [0, 0.1) is 5.82 Å². The Bertz CT molecular complexity index is 556. The van der Waals surface area contributed by atoms with Crippen LogP contribution < -0.4 is 5.32 Å². The highest BCUT2D eigenvalue weighted by molar-refractivity contribution is 9.10. The summed E-state index contributed by atoms with van der Waals surface area (Å²) in [4.78, 5) is 0. The molecule has 0 saturated carbocycles. The lowest BCUT2D eigenvalue weighted by Gasteiger charge is -2.19. The summed E-state index contributed by atoms with van der Waals surface area (Å²) in [7, 11) is 0. The van der Waals surface area contributed by atoms with Gasteiger partial charge in [0.05, 0.1) is 0 Å². The summed E-state index contributed by atoms with van der Waals surface area (Å²) in [5, 5.41) is 3.40. The van der Waals surface area contributed by atoms with Crippen molar-refractivity contribution in [3.63, 3.8) is 0 Å². The molecule has 0 spiro atoms. The molecule has 1 nitrogen and oxygen atoms in total. The molecule has 1 N–H and O–H groups in total. The largest absolute Gasteiger partial charge is 0.309 e. The van der Waals surface area contributed by atoms with E-state index < -0.39 is 0 Å². The van der Waals surface area contributed by atoms with Crippen molar-refractivity contribution < 1.29 is 4.39 Å². The van der Waals surface area contributed by atoms with Gasteiger partial charge in [-0.05, 0) is 30.5 Å².